The van der Waals surface area contributed by atoms with Crippen LogP contribution in [0.1, 0.15) is 42.9 Å². The van der Waals surface area contributed by atoms with Gasteiger partial charge in [-0.3, -0.25) is 4.79 Å². The first-order valence-electron chi connectivity index (χ1n) is 9.05. The molecule has 0 fully saturated rings. The monoisotopic (exact) mass is 392 g/mol. The zero-order valence-electron chi connectivity index (χ0n) is 15.6. The maximum absolute atomic E-state index is 13.2. The first kappa shape index (κ1) is 21.5. The highest BCUT2D eigenvalue weighted by atomic mass is 19.4. The second-order valence-corrected chi connectivity index (χ2v) is 6.34. The van der Waals surface area contributed by atoms with E-state index in [1.807, 2.05) is 37.3 Å². The van der Waals surface area contributed by atoms with Gasteiger partial charge in [-0.2, -0.15) is 13.2 Å². The van der Waals surface area contributed by atoms with E-state index in [2.05, 4.69) is 5.32 Å². The van der Waals surface area contributed by atoms with Gasteiger partial charge in [-0.05, 0) is 36.6 Å². The van der Waals surface area contributed by atoms with E-state index in [9.17, 15) is 18.0 Å². The fourth-order valence-corrected chi connectivity index (χ4v) is 2.68. The zero-order chi connectivity index (χ0) is 20.6. The lowest BCUT2D eigenvalue weighted by Gasteiger charge is -2.20. The van der Waals surface area contributed by atoms with Crippen molar-refractivity contribution in [2.24, 2.45) is 0 Å². The number of carbonyl (C=O) groups excluding carboxylic acids is 1. The van der Waals surface area contributed by atoms with Crippen LogP contribution in [0.2, 0.25) is 0 Å². The Kier molecular flexibility index (Phi) is 7.61. The highest BCUT2D eigenvalue weighted by Crippen LogP contribution is 2.34. The summed E-state index contributed by atoms with van der Waals surface area (Å²) in [7, 11) is 0. The molecule has 0 aliphatic heterocycles. The standard InChI is InChI=1S/C21H23F3N2O2/c1-2-3-9-19(20(27)26-14-15-7-5-4-6-8-15)28-17-11-10-16(13-25)18(12-17)21(22,23)24/h4-8,10-13,19,25H,2-3,9,14H2,1H3,(H,26,27). The molecule has 0 radical (unpaired) electrons. The number of carbonyl (C=O) groups is 1. The lowest BCUT2D eigenvalue weighted by atomic mass is 10.1. The molecule has 1 unspecified atom stereocenters. The number of benzene rings is 2. The van der Waals surface area contributed by atoms with E-state index < -0.39 is 17.8 Å². The van der Waals surface area contributed by atoms with Gasteiger partial charge in [-0.15, -0.1) is 0 Å². The number of amides is 1. The van der Waals surface area contributed by atoms with Crippen LogP contribution in [0.4, 0.5) is 13.2 Å². The van der Waals surface area contributed by atoms with E-state index in [4.69, 9.17) is 10.1 Å². The van der Waals surface area contributed by atoms with Crippen LogP contribution in [-0.4, -0.2) is 18.2 Å². The SMILES string of the molecule is CCCCC(Oc1ccc(C=N)c(C(F)(F)F)c1)C(=O)NCc1ccccc1. The maximum atomic E-state index is 13.2. The molecule has 150 valence electrons. The van der Waals surface area contributed by atoms with Gasteiger partial charge in [0.05, 0.1) is 5.56 Å². The second kappa shape index (κ2) is 9.92. The third kappa shape index (κ3) is 6.11. The van der Waals surface area contributed by atoms with E-state index in [1.54, 1.807) is 0 Å². The van der Waals surface area contributed by atoms with Crippen LogP contribution in [-0.2, 0) is 17.5 Å². The summed E-state index contributed by atoms with van der Waals surface area (Å²) in [4.78, 5) is 12.5. The molecule has 7 heteroatoms. The minimum absolute atomic E-state index is 0.0473. The molecule has 0 heterocycles. The summed E-state index contributed by atoms with van der Waals surface area (Å²) >= 11 is 0. The molecule has 0 bridgehead atoms. The Balaban J connectivity index is 2.14. The average Bonchev–Trinajstić information content (AvgIpc) is 2.69. The summed E-state index contributed by atoms with van der Waals surface area (Å²) in [6, 6.07) is 12.7. The second-order valence-electron chi connectivity index (χ2n) is 6.34. The molecule has 2 aromatic carbocycles. The van der Waals surface area contributed by atoms with Gasteiger partial charge in [0.25, 0.3) is 5.91 Å². The lowest BCUT2D eigenvalue weighted by Crippen LogP contribution is -2.38. The van der Waals surface area contributed by atoms with E-state index in [-0.39, 0.29) is 17.2 Å². The molecule has 2 aromatic rings. The molecule has 0 saturated heterocycles. The molecule has 2 rings (SSSR count). The molecule has 1 amide bonds. The summed E-state index contributed by atoms with van der Waals surface area (Å²) in [6.45, 7) is 2.27. The van der Waals surface area contributed by atoms with E-state index >= 15 is 0 Å². The number of ether oxygens (including phenoxy) is 1. The van der Waals surface area contributed by atoms with Gasteiger partial charge < -0.3 is 15.5 Å². The molecule has 0 aliphatic carbocycles. The maximum Gasteiger partial charge on any atom is 0.417 e. The molecule has 2 N–H and O–H groups in total. The van der Waals surface area contributed by atoms with Gasteiger partial charge in [-0.25, -0.2) is 0 Å². The quantitative estimate of drug-likeness (QED) is 0.593. The Morgan fingerprint density at radius 2 is 1.93 bits per heavy atom. The Bertz CT molecular complexity index is 792. The molecular formula is C21H23F3N2O2. The number of nitrogens with one attached hydrogen (secondary N) is 2. The van der Waals surface area contributed by atoms with Crippen molar-refractivity contribution in [1.82, 2.24) is 5.32 Å². The fraction of sp³-hybridized carbons (Fsp3) is 0.333. The third-order valence-electron chi connectivity index (χ3n) is 4.19. The summed E-state index contributed by atoms with van der Waals surface area (Å²) in [5.41, 5.74) is -0.294. The first-order chi connectivity index (χ1) is 13.3. The number of unbranched alkanes of at least 4 members (excludes halogenated alkanes) is 1. The van der Waals surface area contributed by atoms with Gasteiger partial charge in [0.1, 0.15) is 5.75 Å². The number of halogens is 3. The van der Waals surface area contributed by atoms with E-state index in [0.29, 0.717) is 25.6 Å². The molecule has 0 saturated carbocycles. The van der Waals surface area contributed by atoms with Gasteiger partial charge in [-0.1, -0.05) is 43.7 Å². The lowest BCUT2D eigenvalue weighted by molar-refractivity contribution is -0.137. The molecule has 28 heavy (non-hydrogen) atoms. The summed E-state index contributed by atoms with van der Waals surface area (Å²) in [5, 5.41) is 9.92. The first-order valence-corrected chi connectivity index (χ1v) is 9.05. The third-order valence-corrected chi connectivity index (χ3v) is 4.19. The van der Waals surface area contributed by atoms with Crippen LogP contribution in [0.5, 0.6) is 5.75 Å². The Labute approximate surface area is 162 Å². The molecule has 0 aromatic heterocycles. The Morgan fingerprint density at radius 1 is 1.21 bits per heavy atom. The molecular weight excluding hydrogens is 369 g/mol. The largest absolute Gasteiger partial charge is 0.481 e. The number of rotatable bonds is 9. The predicted octanol–water partition coefficient (Wildman–Crippen LogP) is 4.96. The van der Waals surface area contributed by atoms with Crippen molar-refractivity contribution in [3.63, 3.8) is 0 Å². The van der Waals surface area contributed by atoms with Gasteiger partial charge in [0.15, 0.2) is 6.10 Å². The molecule has 1 atom stereocenters. The molecule has 0 aliphatic rings. The topological polar surface area (TPSA) is 62.2 Å². The predicted molar refractivity (Wildman–Crippen MR) is 102 cm³/mol. The highest BCUT2D eigenvalue weighted by molar-refractivity contribution is 5.81. The van der Waals surface area contributed by atoms with Crippen LogP contribution in [0.25, 0.3) is 0 Å². The van der Waals surface area contributed by atoms with Crippen LogP contribution in [0, 0.1) is 5.41 Å². The zero-order valence-corrected chi connectivity index (χ0v) is 15.6. The fourth-order valence-electron chi connectivity index (χ4n) is 2.68. The summed E-state index contributed by atoms with van der Waals surface area (Å²) in [6.07, 6.45) is -2.93. The van der Waals surface area contributed by atoms with Crippen LogP contribution in [0.3, 0.4) is 0 Å². The number of hydrogen-bond donors (Lipinski definition) is 2. The summed E-state index contributed by atoms with van der Waals surface area (Å²) in [5.74, 6) is -0.420. The number of hydrogen-bond acceptors (Lipinski definition) is 3. The van der Waals surface area contributed by atoms with E-state index in [0.717, 1.165) is 18.1 Å². The highest BCUT2D eigenvalue weighted by Gasteiger charge is 2.33. The van der Waals surface area contributed by atoms with Crippen molar-refractivity contribution < 1.29 is 22.7 Å². The number of alkyl halides is 3. The average molecular weight is 392 g/mol. The molecule has 0 spiro atoms. The van der Waals surface area contributed by atoms with Crippen LogP contribution >= 0.6 is 0 Å². The minimum atomic E-state index is -4.61. The normalized spacial score (nSPS) is 12.3. The van der Waals surface area contributed by atoms with Crippen molar-refractivity contribution >= 4 is 12.1 Å². The van der Waals surface area contributed by atoms with Crippen molar-refractivity contribution in [3.8, 4) is 5.75 Å². The van der Waals surface area contributed by atoms with Gasteiger partial charge >= 0.3 is 6.18 Å². The van der Waals surface area contributed by atoms with Crippen molar-refractivity contribution in [2.45, 2.75) is 45.0 Å². The van der Waals surface area contributed by atoms with Crippen LogP contribution < -0.4 is 10.1 Å². The van der Waals surface area contributed by atoms with Crippen molar-refractivity contribution in [2.75, 3.05) is 0 Å². The molecule has 4 nitrogen and oxygen atoms in total. The minimum Gasteiger partial charge on any atom is -0.481 e. The Morgan fingerprint density at radius 3 is 2.54 bits per heavy atom. The van der Waals surface area contributed by atoms with Gasteiger partial charge in [0, 0.05) is 18.3 Å². The smallest absolute Gasteiger partial charge is 0.417 e. The van der Waals surface area contributed by atoms with E-state index in [1.165, 1.54) is 12.1 Å². The van der Waals surface area contributed by atoms with Crippen LogP contribution in [0.15, 0.2) is 48.5 Å². The van der Waals surface area contributed by atoms with Crippen molar-refractivity contribution in [1.29, 1.82) is 5.41 Å². The van der Waals surface area contributed by atoms with Gasteiger partial charge in [0.2, 0.25) is 0 Å². The summed E-state index contributed by atoms with van der Waals surface area (Å²) < 4.78 is 45.2. The van der Waals surface area contributed by atoms with Crippen molar-refractivity contribution in [3.05, 3.63) is 65.2 Å². The Hall–Kier alpha value is -2.83.